The molecule has 0 aliphatic carbocycles. The summed E-state index contributed by atoms with van der Waals surface area (Å²) in [6.07, 6.45) is 0. The van der Waals surface area contributed by atoms with Crippen LogP contribution in [0.2, 0.25) is 5.02 Å². The van der Waals surface area contributed by atoms with Gasteiger partial charge in [-0.15, -0.1) is 0 Å². The molecule has 0 aliphatic rings. The second-order valence-corrected chi connectivity index (χ2v) is 4.33. The lowest BCUT2D eigenvalue weighted by atomic mass is 10.1. The van der Waals surface area contributed by atoms with Gasteiger partial charge in [0.25, 0.3) is 0 Å². The number of aliphatic carboxylic acids is 1. The molecule has 0 saturated carbocycles. The van der Waals surface area contributed by atoms with Crippen LogP contribution in [0, 0.1) is 19.8 Å². The van der Waals surface area contributed by atoms with Crippen molar-refractivity contribution in [1.82, 2.24) is 9.78 Å². The number of aromatic nitrogens is 2. The summed E-state index contributed by atoms with van der Waals surface area (Å²) in [5.74, 6) is -0.913. The number of carboxylic acids is 1. The monoisotopic (exact) mass is 230 g/mol. The van der Waals surface area contributed by atoms with E-state index in [1.165, 1.54) is 4.68 Å². The second-order valence-electron chi connectivity index (χ2n) is 3.96. The quantitative estimate of drug-likeness (QED) is 0.868. The number of nitrogens with zero attached hydrogens (tertiary/aromatic N) is 2. The lowest BCUT2D eigenvalue weighted by molar-refractivity contribution is -0.142. The smallest absolute Gasteiger partial charge is 0.328 e. The fourth-order valence-electron chi connectivity index (χ4n) is 1.59. The van der Waals surface area contributed by atoms with E-state index in [1.54, 1.807) is 13.8 Å². The number of rotatable bonds is 3. The molecule has 0 amide bonds. The van der Waals surface area contributed by atoms with Gasteiger partial charge >= 0.3 is 5.97 Å². The average molecular weight is 231 g/mol. The van der Waals surface area contributed by atoms with E-state index < -0.39 is 12.0 Å². The molecule has 15 heavy (non-hydrogen) atoms. The van der Waals surface area contributed by atoms with Gasteiger partial charge in [-0.3, -0.25) is 4.68 Å². The van der Waals surface area contributed by atoms with Crippen LogP contribution in [-0.4, -0.2) is 20.9 Å². The Balaban J connectivity index is 3.23. The van der Waals surface area contributed by atoms with E-state index in [9.17, 15) is 4.79 Å². The molecule has 1 rings (SSSR count). The minimum absolute atomic E-state index is 0.0310. The van der Waals surface area contributed by atoms with Crippen LogP contribution in [0.5, 0.6) is 0 Å². The normalized spacial score (nSPS) is 13.2. The fraction of sp³-hybridized carbons (Fsp3) is 0.600. The third-order valence-electron chi connectivity index (χ3n) is 2.38. The van der Waals surface area contributed by atoms with Crippen LogP contribution in [0.3, 0.4) is 0 Å². The Kier molecular flexibility index (Phi) is 3.39. The van der Waals surface area contributed by atoms with Crippen molar-refractivity contribution < 1.29 is 9.90 Å². The van der Waals surface area contributed by atoms with Crippen molar-refractivity contribution in [1.29, 1.82) is 0 Å². The van der Waals surface area contributed by atoms with Gasteiger partial charge in [0, 0.05) is 0 Å². The molecular weight excluding hydrogens is 216 g/mol. The van der Waals surface area contributed by atoms with E-state index in [0.29, 0.717) is 16.4 Å². The first-order valence-corrected chi connectivity index (χ1v) is 5.18. The molecule has 84 valence electrons. The highest BCUT2D eigenvalue weighted by molar-refractivity contribution is 6.31. The first-order valence-electron chi connectivity index (χ1n) is 4.80. The number of carbonyl (C=O) groups is 1. The van der Waals surface area contributed by atoms with Gasteiger partial charge in [-0.25, -0.2) is 4.79 Å². The van der Waals surface area contributed by atoms with E-state index in [1.807, 2.05) is 13.8 Å². The standard InChI is InChI=1S/C10H15ClN2O2/c1-5(2)9(10(14)15)13-7(4)8(11)6(3)12-13/h5,9H,1-4H3,(H,14,15). The largest absolute Gasteiger partial charge is 0.480 e. The summed E-state index contributed by atoms with van der Waals surface area (Å²) in [7, 11) is 0. The Labute approximate surface area is 93.9 Å². The highest BCUT2D eigenvalue weighted by Crippen LogP contribution is 2.25. The Morgan fingerprint density at radius 3 is 2.27 bits per heavy atom. The van der Waals surface area contributed by atoms with Gasteiger partial charge in [-0.2, -0.15) is 5.10 Å². The van der Waals surface area contributed by atoms with Crippen molar-refractivity contribution >= 4 is 17.6 Å². The summed E-state index contributed by atoms with van der Waals surface area (Å²) >= 11 is 5.98. The Morgan fingerprint density at radius 1 is 1.47 bits per heavy atom. The number of aryl methyl sites for hydroxylation is 1. The van der Waals surface area contributed by atoms with Gasteiger partial charge in [0.05, 0.1) is 16.4 Å². The summed E-state index contributed by atoms with van der Waals surface area (Å²) in [4.78, 5) is 11.1. The lowest BCUT2D eigenvalue weighted by Crippen LogP contribution is -2.26. The topological polar surface area (TPSA) is 55.1 Å². The van der Waals surface area contributed by atoms with Crippen LogP contribution < -0.4 is 0 Å². The van der Waals surface area contributed by atoms with E-state index in [-0.39, 0.29) is 5.92 Å². The third-order valence-corrected chi connectivity index (χ3v) is 2.93. The van der Waals surface area contributed by atoms with E-state index in [0.717, 1.165) is 0 Å². The van der Waals surface area contributed by atoms with Gasteiger partial charge in [0.1, 0.15) is 0 Å². The Hall–Kier alpha value is -1.03. The lowest BCUT2D eigenvalue weighted by Gasteiger charge is -2.18. The molecule has 0 spiro atoms. The molecular formula is C10H15ClN2O2. The summed E-state index contributed by atoms with van der Waals surface area (Å²) in [6.45, 7) is 7.25. The van der Waals surface area contributed by atoms with Crippen LogP contribution in [0.4, 0.5) is 0 Å². The predicted octanol–water partition coefficient (Wildman–Crippen LogP) is 2.44. The zero-order valence-electron chi connectivity index (χ0n) is 9.28. The molecule has 0 radical (unpaired) electrons. The molecule has 4 nitrogen and oxygen atoms in total. The van der Waals surface area contributed by atoms with Crippen LogP contribution in [0.15, 0.2) is 0 Å². The van der Waals surface area contributed by atoms with Crippen LogP contribution >= 0.6 is 11.6 Å². The molecule has 1 atom stereocenters. The minimum Gasteiger partial charge on any atom is -0.480 e. The summed E-state index contributed by atoms with van der Waals surface area (Å²) in [6, 6.07) is -0.656. The van der Waals surface area contributed by atoms with Crippen molar-refractivity contribution in [3.8, 4) is 0 Å². The van der Waals surface area contributed by atoms with Crippen LogP contribution in [0.1, 0.15) is 31.3 Å². The Morgan fingerprint density at radius 2 is 2.00 bits per heavy atom. The van der Waals surface area contributed by atoms with Crippen molar-refractivity contribution in [2.75, 3.05) is 0 Å². The minimum atomic E-state index is -0.882. The van der Waals surface area contributed by atoms with Gasteiger partial charge in [-0.1, -0.05) is 25.4 Å². The zero-order valence-corrected chi connectivity index (χ0v) is 10.0. The highest BCUT2D eigenvalue weighted by atomic mass is 35.5. The van der Waals surface area contributed by atoms with Crippen LogP contribution in [-0.2, 0) is 4.79 Å². The summed E-state index contributed by atoms with van der Waals surface area (Å²) < 4.78 is 1.49. The third kappa shape index (κ3) is 2.15. The molecule has 1 heterocycles. The van der Waals surface area contributed by atoms with Crippen molar-refractivity contribution in [2.24, 2.45) is 5.92 Å². The maximum Gasteiger partial charge on any atom is 0.328 e. The SMILES string of the molecule is Cc1nn(C(C(=O)O)C(C)C)c(C)c1Cl. The number of hydrogen-bond donors (Lipinski definition) is 1. The van der Waals surface area contributed by atoms with Gasteiger partial charge in [0.15, 0.2) is 6.04 Å². The number of halogens is 1. The predicted molar refractivity (Wildman–Crippen MR) is 58.2 cm³/mol. The van der Waals surface area contributed by atoms with E-state index in [2.05, 4.69) is 5.10 Å². The highest BCUT2D eigenvalue weighted by Gasteiger charge is 2.27. The molecule has 0 bridgehead atoms. The first kappa shape index (κ1) is 12.0. The molecule has 0 aliphatic heterocycles. The van der Waals surface area contributed by atoms with E-state index in [4.69, 9.17) is 16.7 Å². The molecule has 1 aromatic rings. The van der Waals surface area contributed by atoms with Crippen molar-refractivity contribution in [3.63, 3.8) is 0 Å². The first-order chi connectivity index (χ1) is 6.86. The van der Waals surface area contributed by atoms with E-state index >= 15 is 0 Å². The summed E-state index contributed by atoms with van der Waals surface area (Å²) in [5.41, 5.74) is 1.37. The number of hydrogen-bond acceptors (Lipinski definition) is 2. The maximum atomic E-state index is 11.1. The molecule has 0 aromatic carbocycles. The Bertz CT molecular complexity index is 385. The fourth-order valence-corrected chi connectivity index (χ4v) is 1.71. The molecule has 1 N–H and O–H groups in total. The van der Waals surface area contributed by atoms with Crippen LogP contribution in [0.25, 0.3) is 0 Å². The molecule has 0 saturated heterocycles. The average Bonchev–Trinajstić information content (AvgIpc) is 2.33. The van der Waals surface area contributed by atoms with Gasteiger partial charge < -0.3 is 5.11 Å². The molecule has 5 heteroatoms. The zero-order chi connectivity index (χ0) is 11.7. The van der Waals surface area contributed by atoms with Crippen molar-refractivity contribution in [3.05, 3.63) is 16.4 Å². The maximum absolute atomic E-state index is 11.1. The number of carboxylic acid groups (broad SMARTS) is 1. The van der Waals surface area contributed by atoms with Crippen molar-refractivity contribution in [2.45, 2.75) is 33.7 Å². The second kappa shape index (κ2) is 4.23. The molecule has 0 fully saturated rings. The molecule has 1 aromatic heterocycles. The van der Waals surface area contributed by atoms with Gasteiger partial charge in [-0.05, 0) is 19.8 Å². The van der Waals surface area contributed by atoms with Gasteiger partial charge in [0.2, 0.25) is 0 Å². The summed E-state index contributed by atoms with van der Waals surface area (Å²) in [5, 5.41) is 13.8. The molecule has 1 unspecified atom stereocenters.